The summed E-state index contributed by atoms with van der Waals surface area (Å²) >= 11 is 0. The maximum atomic E-state index is 11.7. The van der Waals surface area contributed by atoms with Crippen LogP contribution in [0.25, 0.3) is 22.4 Å². The Morgan fingerprint density at radius 2 is 1.84 bits per heavy atom. The van der Waals surface area contributed by atoms with Crippen LogP contribution in [0.2, 0.25) is 0 Å². The summed E-state index contributed by atoms with van der Waals surface area (Å²) in [4.78, 5) is 16.2. The normalized spacial score (nSPS) is 13.0. The summed E-state index contributed by atoms with van der Waals surface area (Å²) in [5, 5.41) is 13.0. The first-order valence-electron chi connectivity index (χ1n) is 8.39. The highest BCUT2D eigenvalue weighted by atomic mass is 16.4. The lowest BCUT2D eigenvalue weighted by Crippen LogP contribution is -2.11. The maximum Gasteiger partial charge on any atom is 0.355 e. The second-order valence-corrected chi connectivity index (χ2v) is 6.17. The van der Waals surface area contributed by atoms with Gasteiger partial charge in [-0.2, -0.15) is 0 Å². The molecule has 0 fully saturated rings. The van der Waals surface area contributed by atoms with E-state index in [1.54, 1.807) is 0 Å². The molecule has 0 amide bonds. The highest BCUT2D eigenvalue weighted by Gasteiger charge is 2.16. The van der Waals surface area contributed by atoms with Gasteiger partial charge in [-0.3, -0.25) is 0 Å². The van der Waals surface area contributed by atoms with E-state index in [-0.39, 0.29) is 5.69 Å². The third kappa shape index (κ3) is 2.98. The molecule has 0 radical (unpaired) electrons. The molecule has 0 spiro atoms. The number of pyridine rings is 1. The molecule has 2 aromatic carbocycles. The fourth-order valence-corrected chi connectivity index (χ4v) is 3.25. The molecule has 1 aliphatic rings. The number of aromatic nitrogens is 1. The van der Waals surface area contributed by atoms with E-state index >= 15 is 0 Å². The zero-order chi connectivity index (χ0) is 17.2. The van der Waals surface area contributed by atoms with Crippen molar-refractivity contribution in [3.63, 3.8) is 0 Å². The first-order chi connectivity index (χ1) is 12.2. The van der Waals surface area contributed by atoms with E-state index in [1.165, 1.54) is 5.56 Å². The smallest absolute Gasteiger partial charge is 0.355 e. The van der Waals surface area contributed by atoms with Crippen molar-refractivity contribution in [3.8, 4) is 22.4 Å². The van der Waals surface area contributed by atoms with Gasteiger partial charge in [0.1, 0.15) is 0 Å². The van der Waals surface area contributed by atoms with Crippen LogP contribution in [0.5, 0.6) is 0 Å². The predicted molar refractivity (Wildman–Crippen MR) is 98.9 cm³/mol. The largest absolute Gasteiger partial charge is 0.476 e. The van der Waals surface area contributed by atoms with Gasteiger partial charge in [0.05, 0.1) is 5.69 Å². The average Bonchev–Trinajstić information content (AvgIpc) is 2.68. The minimum absolute atomic E-state index is 0.0781. The van der Waals surface area contributed by atoms with Gasteiger partial charge in [-0.1, -0.05) is 42.5 Å². The molecule has 0 saturated heterocycles. The number of carboxylic acids is 1. The lowest BCUT2D eigenvalue weighted by atomic mass is 9.98. The van der Waals surface area contributed by atoms with Crippen molar-refractivity contribution in [2.24, 2.45) is 0 Å². The van der Waals surface area contributed by atoms with Gasteiger partial charge in [-0.25, -0.2) is 9.78 Å². The summed E-state index contributed by atoms with van der Waals surface area (Å²) < 4.78 is 0. The molecule has 0 saturated carbocycles. The minimum Gasteiger partial charge on any atom is -0.476 e. The molecule has 1 aromatic heterocycles. The molecule has 0 atom stereocenters. The summed E-state index contributed by atoms with van der Waals surface area (Å²) in [6.07, 6.45) is 2.21. The lowest BCUT2D eigenvalue weighted by molar-refractivity contribution is 0.0691. The van der Waals surface area contributed by atoms with Crippen LogP contribution in [-0.4, -0.2) is 22.6 Å². The van der Waals surface area contributed by atoms with Crippen LogP contribution < -0.4 is 5.32 Å². The van der Waals surface area contributed by atoms with E-state index in [0.29, 0.717) is 11.3 Å². The van der Waals surface area contributed by atoms with Crippen molar-refractivity contribution in [2.45, 2.75) is 12.8 Å². The number of anilines is 1. The Bertz CT molecular complexity index is 936. The second-order valence-electron chi connectivity index (χ2n) is 6.17. The minimum atomic E-state index is -1.02. The first-order valence-corrected chi connectivity index (χ1v) is 8.39. The van der Waals surface area contributed by atoms with Crippen molar-refractivity contribution in [1.82, 2.24) is 4.98 Å². The number of hydrogen-bond acceptors (Lipinski definition) is 3. The molecule has 124 valence electrons. The van der Waals surface area contributed by atoms with Crippen LogP contribution in [0.15, 0.2) is 60.7 Å². The fourth-order valence-electron chi connectivity index (χ4n) is 3.25. The SMILES string of the molecule is O=C(O)c1nc(-c2ccc3c(c2)NCCC3)ccc1-c1ccccc1. The molecular formula is C21H18N2O2. The van der Waals surface area contributed by atoms with E-state index in [9.17, 15) is 9.90 Å². The standard InChI is InChI=1S/C21H18N2O2/c24-21(25)20-17(14-5-2-1-3-6-14)10-11-18(23-20)16-9-8-15-7-4-12-22-19(15)13-16/h1-3,5-6,8-11,13,22H,4,7,12H2,(H,24,25). The first kappa shape index (κ1) is 15.4. The van der Waals surface area contributed by atoms with Gasteiger partial charge < -0.3 is 10.4 Å². The third-order valence-electron chi connectivity index (χ3n) is 4.53. The average molecular weight is 330 g/mol. The van der Waals surface area contributed by atoms with Gasteiger partial charge in [0.25, 0.3) is 0 Å². The summed E-state index contributed by atoms with van der Waals surface area (Å²) in [6.45, 7) is 0.969. The predicted octanol–water partition coefficient (Wildman–Crippen LogP) is 4.47. The van der Waals surface area contributed by atoms with Crippen LogP contribution in [0.4, 0.5) is 5.69 Å². The fraction of sp³-hybridized carbons (Fsp3) is 0.143. The molecule has 2 heterocycles. The zero-order valence-corrected chi connectivity index (χ0v) is 13.7. The molecule has 25 heavy (non-hydrogen) atoms. The van der Waals surface area contributed by atoms with Gasteiger partial charge in [-0.15, -0.1) is 0 Å². The monoisotopic (exact) mass is 330 g/mol. The molecular weight excluding hydrogens is 312 g/mol. The molecule has 4 nitrogen and oxygen atoms in total. The Balaban J connectivity index is 1.79. The van der Waals surface area contributed by atoms with Crippen LogP contribution in [0, 0.1) is 0 Å². The van der Waals surface area contributed by atoms with Gasteiger partial charge in [0, 0.05) is 23.4 Å². The highest BCUT2D eigenvalue weighted by molar-refractivity contribution is 5.94. The van der Waals surface area contributed by atoms with E-state index in [1.807, 2.05) is 48.5 Å². The number of aryl methyl sites for hydroxylation is 1. The van der Waals surface area contributed by atoms with E-state index < -0.39 is 5.97 Å². The molecule has 0 aliphatic carbocycles. The molecule has 2 N–H and O–H groups in total. The van der Waals surface area contributed by atoms with Crippen molar-refractivity contribution >= 4 is 11.7 Å². The lowest BCUT2D eigenvalue weighted by Gasteiger charge is -2.18. The maximum absolute atomic E-state index is 11.7. The van der Waals surface area contributed by atoms with E-state index in [4.69, 9.17) is 0 Å². The zero-order valence-electron chi connectivity index (χ0n) is 13.7. The number of carboxylic acid groups (broad SMARTS) is 1. The van der Waals surface area contributed by atoms with E-state index in [2.05, 4.69) is 22.4 Å². The Kier molecular flexibility index (Phi) is 3.94. The number of rotatable bonds is 3. The topological polar surface area (TPSA) is 62.2 Å². The number of nitrogens with one attached hydrogen (secondary N) is 1. The van der Waals surface area contributed by atoms with Crippen LogP contribution in [0.1, 0.15) is 22.5 Å². The number of hydrogen-bond donors (Lipinski definition) is 2. The van der Waals surface area contributed by atoms with Crippen molar-refractivity contribution in [3.05, 3.63) is 71.9 Å². The Labute approximate surface area is 146 Å². The highest BCUT2D eigenvalue weighted by Crippen LogP contribution is 2.30. The third-order valence-corrected chi connectivity index (χ3v) is 4.53. The van der Waals surface area contributed by atoms with Crippen LogP contribution >= 0.6 is 0 Å². The molecule has 0 bridgehead atoms. The van der Waals surface area contributed by atoms with Crippen molar-refractivity contribution in [1.29, 1.82) is 0 Å². The van der Waals surface area contributed by atoms with Crippen LogP contribution in [-0.2, 0) is 6.42 Å². The number of nitrogens with zero attached hydrogens (tertiary/aromatic N) is 1. The quantitative estimate of drug-likeness (QED) is 0.743. The Hall–Kier alpha value is -3.14. The van der Waals surface area contributed by atoms with Crippen LogP contribution in [0.3, 0.4) is 0 Å². The van der Waals surface area contributed by atoms with E-state index in [0.717, 1.165) is 36.2 Å². The summed E-state index contributed by atoms with van der Waals surface area (Å²) in [7, 11) is 0. The molecule has 0 unspecified atom stereocenters. The molecule has 3 aromatic rings. The summed E-state index contributed by atoms with van der Waals surface area (Å²) in [6, 6.07) is 19.4. The van der Waals surface area contributed by atoms with Gasteiger partial charge in [-0.05, 0) is 42.2 Å². The van der Waals surface area contributed by atoms with Crippen molar-refractivity contribution in [2.75, 3.05) is 11.9 Å². The van der Waals surface area contributed by atoms with Crippen molar-refractivity contribution < 1.29 is 9.90 Å². The summed E-state index contributed by atoms with van der Waals surface area (Å²) in [5.74, 6) is -1.02. The Morgan fingerprint density at radius 1 is 1.00 bits per heavy atom. The summed E-state index contributed by atoms with van der Waals surface area (Å²) in [5.41, 5.74) is 5.58. The Morgan fingerprint density at radius 3 is 2.64 bits per heavy atom. The number of benzene rings is 2. The molecule has 4 heteroatoms. The second kappa shape index (κ2) is 6.40. The molecule has 4 rings (SSSR count). The van der Waals surface area contributed by atoms with Gasteiger partial charge in [0.15, 0.2) is 5.69 Å². The number of carbonyl (C=O) groups is 1. The van der Waals surface area contributed by atoms with Gasteiger partial charge >= 0.3 is 5.97 Å². The van der Waals surface area contributed by atoms with Gasteiger partial charge in [0.2, 0.25) is 0 Å². The number of aromatic carboxylic acids is 1. The number of fused-ring (bicyclic) bond motifs is 1. The molecule has 1 aliphatic heterocycles.